The van der Waals surface area contributed by atoms with Gasteiger partial charge in [-0.1, -0.05) is 28.1 Å². The number of hydrogen-bond acceptors (Lipinski definition) is 2. The Kier molecular flexibility index (Phi) is 5.86. The molecule has 1 atom stereocenters. The molecule has 19 heavy (non-hydrogen) atoms. The van der Waals surface area contributed by atoms with E-state index in [4.69, 9.17) is 4.74 Å². The fourth-order valence-corrected chi connectivity index (χ4v) is 2.60. The fourth-order valence-electron chi connectivity index (χ4n) is 2.23. The highest BCUT2D eigenvalue weighted by molar-refractivity contribution is 9.08. The smallest absolute Gasteiger partial charge is 0.251 e. The third-order valence-electron chi connectivity index (χ3n) is 3.40. The summed E-state index contributed by atoms with van der Waals surface area (Å²) in [5.74, 6) is -0.00284. The number of halogens is 1. The van der Waals surface area contributed by atoms with E-state index < -0.39 is 0 Å². The molecule has 2 rings (SSSR count). The van der Waals surface area contributed by atoms with E-state index in [1.807, 2.05) is 24.3 Å². The Hall–Kier alpha value is -0.870. The third-order valence-corrected chi connectivity index (χ3v) is 4.04. The number of ether oxygens (including phenoxy) is 1. The summed E-state index contributed by atoms with van der Waals surface area (Å²) in [6.07, 6.45) is 4.76. The molecule has 1 aromatic carbocycles. The first-order chi connectivity index (χ1) is 9.29. The summed E-state index contributed by atoms with van der Waals surface area (Å²) in [5.41, 5.74) is 1.89. The molecule has 0 aliphatic carbocycles. The normalized spacial score (nSPS) is 19.1. The molecular weight excluding hydrogens is 306 g/mol. The molecule has 0 spiro atoms. The van der Waals surface area contributed by atoms with Crippen LogP contribution in [-0.4, -0.2) is 25.2 Å². The van der Waals surface area contributed by atoms with Gasteiger partial charge in [0.15, 0.2) is 0 Å². The van der Waals surface area contributed by atoms with Crippen LogP contribution in [0.25, 0.3) is 0 Å². The second-order valence-corrected chi connectivity index (χ2v) is 5.42. The second-order valence-electron chi connectivity index (χ2n) is 4.86. The molecule has 1 aromatic rings. The lowest BCUT2D eigenvalue weighted by Gasteiger charge is -2.22. The van der Waals surface area contributed by atoms with E-state index in [0.29, 0.717) is 18.2 Å². The molecule has 1 fully saturated rings. The molecule has 0 saturated carbocycles. The summed E-state index contributed by atoms with van der Waals surface area (Å²) in [6, 6.07) is 7.66. The zero-order chi connectivity index (χ0) is 13.5. The molecule has 0 radical (unpaired) electrons. The zero-order valence-corrected chi connectivity index (χ0v) is 12.6. The van der Waals surface area contributed by atoms with Crippen LogP contribution in [0.3, 0.4) is 0 Å². The Balaban J connectivity index is 1.73. The summed E-state index contributed by atoms with van der Waals surface area (Å²) in [4.78, 5) is 11.9. The van der Waals surface area contributed by atoms with Gasteiger partial charge in [-0.3, -0.25) is 4.79 Å². The largest absolute Gasteiger partial charge is 0.378 e. The van der Waals surface area contributed by atoms with Crippen LogP contribution in [0.4, 0.5) is 0 Å². The van der Waals surface area contributed by atoms with Crippen molar-refractivity contribution in [3.63, 3.8) is 0 Å². The molecule has 4 heteroatoms. The van der Waals surface area contributed by atoms with E-state index in [-0.39, 0.29) is 5.91 Å². The van der Waals surface area contributed by atoms with E-state index >= 15 is 0 Å². The summed E-state index contributed by atoms with van der Waals surface area (Å²) >= 11 is 3.39. The van der Waals surface area contributed by atoms with Crippen LogP contribution in [0.1, 0.15) is 41.6 Å². The topological polar surface area (TPSA) is 38.3 Å². The van der Waals surface area contributed by atoms with Gasteiger partial charge in [0.1, 0.15) is 0 Å². The lowest BCUT2D eigenvalue weighted by Crippen LogP contribution is -2.29. The molecule has 0 bridgehead atoms. The molecule has 1 aliphatic heterocycles. The van der Waals surface area contributed by atoms with Crippen molar-refractivity contribution >= 4 is 21.8 Å². The predicted octanol–water partition coefficient (Wildman–Crippen LogP) is 3.27. The second kappa shape index (κ2) is 7.65. The minimum atomic E-state index is -0.00284. The maximum Gasteiger partial charge on any atom is 0.251 e. The first kappa shape index (κ1) is 14.5. The Morgan fingerprint density at radius 2 is 2.11 bits per heavy atom. The van der Waals surface area contributed by atoms with Crippen LogP contribution in [0.5, 0.6) is 0 Å². The Bertz CT molecular complexity index is 399. The number of amides is 1. The summed E-state index contributed by atoms with van der Waals surface area (Å²) in [6.45, 7) is 1.55. The van der Waals surface area contributed by atoms with Gasteiger partial charge >= 0.3 is 0 Å². The average molecular weight is 326 g/mol. The van der Waals surface area contributed by atoms with Crippen molar-refractivity contribution in [1.82, 2.24) is 5.32 Å². The molecule has 1 heterocycles. The summed E-state index contributed by atoms with van der Waals surface area (Å²) in [7, 11) is 0. The maximum absolute atomic E-state index is 11.9. The highest BCUT2D eigenvalue weighted by Crippen LogP contribution is 2.15. The standard InChI is InChI=1S/C15H20BrNO2/c16-11-12-4-6-13(7-5-12)15(18)17-9-8-14-3-1-2-10-19-14/h4-7,14H,1-3,8-11H2,(H,17,18). The van der Waals surface area contributed by atoms with Crippen molar-refractivity contribution in [2.75, 3.05) is 13.2 Å². The molecule has 3 nitrogen and oxygen atoms in total. The van der Waals surface area contributed by atoms with Gasteiger partial charge in [-0.15, -0.1) is 0 Å². The average Bonchev–Trinajstić information content (AvgIpc) is 2.48. The van der Waals surface area contributed by atoms with E-state index in [1.165, 1.54) is 18.4 Å². The van der Waals surface area contributed by atoms with E-state index in [0.717, 1.165) is 24.8 Å². The molecule has 104 valence electrons. The Morgan fingerprint density at radius 3 is 2.74 bits per heavy atom. The van der Waals surface area contributed by atoms with Gasteiger partial charge < -0.3 is 10.1 Å². The first-order valence-corrected chi connectivity index (χ1v) is 7.96. The van der Waals surface area contributed by atoms with Crippen molar-refractivity contribution in [3.8, 4) is 0 Å². The minimum Gasteiger partial charge on any atom is -0.378 e. The van der Waals surface area contributed by atoms with Gasteiger partial charge in [-0.25, -0.2) is 0 Å². The quantitative estimate of drug-likeness (QED) is 0.844. The minimum absolute atomic E-state index is 0.00284. The van der Waals surface area contributed by atoms with Crippen molar-refractivity contribution in [1.29, 1.82) is 0 Å². The van der Waals surface area contributed by atoms with Crippen molar-refractivity contribution < 1.29 is 9.53 Å². The SMILES string of the molecule is O=C(NCCC1CCCCO1)c1ccc(CBr)cc1. The molecular formula is C15H20BrNO2. The summed E-state index contributed by atoms with van der Waals surface area (Å²) in [5, 5.41) is 3.77. The van der Waals surface area contributed by atoms with Gasteiger partial charge in [0.25, 0.3) is 5.91 Å². The van der Waals surface area contributed by atoms with Crippen LogP contribution in [0.2, 0.25) is 0 Å². The monoisotopic (exact) mass is 325 g/mol. The number of carbonyl (C=O) groups excluding carboxylic acids is 1. The molecule has 1 N–H and O–H groups in total. The van der Waals surface area contributed by atoms with Crippen molar-refractivity contribution in [2.45, 2.75) is 37.1 Å². The third kappa shape index (κ3) is 4.62. The number of hydrogen-bond donors (Lipinski definition) is 1. The van der Waals surface area contributed by atoms with Crippen LogP contribution in [-0.2, 0) is 10.1 Å². The van der Waals surface area contributed by atoms with Crippen LogP contribution in [0.15, 0.2) is 24.3 Å². The molecule has 1 aliphatic rings. The molecule has 1 saturated heterocycles. The highest BCUT2D eigenvalue weighted by atomic mass is 79.9. The zero-order valence-electron chi connectivity index (χ0n) is 11.0. The summed E-state index contributed by atoms with van der Waals surface area (Å²) < 4.78 is 5.64. The number of alkyl halides is 1. The van der Waals surface area contributed by atoms with Crippen LogP contribution >= 0.6 is 15.9 Å². The number of carbonyl (C=O) groups is 1. The lowest BCUT2D eigenvalue weighted by atomic mass is 10.1. The maximum atomic E-state index is 11.9. The van der Waals surface area contributed by atoms with Gasteiger partial charge in [0.05, 0.1) is 6.10 Å². The van der Waals surface area contributed by atoms with E-state index in [1.54, 1.807) is 0 Å². The lowest BCUT2D eigenvalue weighted by molar-refractivity contribution is 0.0117. The van der Waals surface area contributed by atoms with Gasteiger partial charge in [-0.2, -0.15) is 0 Å². The predicted molar refractivity (Wildman–Crippen MR) is 79.6 cm³/mol. The van der Waals surface area contributed by atoms with Crippen molar-refractivity contribution in [2.24, 2.45) is 0 Å². The van der Waals surface area contributed by atoms with E-state index in [2.05, 4.69) is 21.2 Å². The van der Waals surface area contributed by atoms with Crippen molar-refractivity contribution in [3.05, 3.63) is 35.4 Å². The van der Waals surface area contributed by atoms with Gasteiger partial charge in [0, 0.05) is 24.0 Å². The van der Waals surface area contributed by atoms with Gasteiger partial charge in [0.2, 0.25) is 0 Å². The fraction of sp³-hybridized carbons (Fsp3) is 0.533. The van der Waals surface area contributed by atoms with Gasteiger partial charge in [-0.05, 0) is 43.4 Å². The molecule has 0 aromatic heterocycles. The Morgan fingerprint density at radius 1 is 1.32 bits per heavy atom. The number of nitrogens with one attached hydrogen (secondary N) is 1. The Labute approximate surface area is 122 Å². The first-order valence-electron chi connectivity index (χ1n) is 6.84. The number of benzene rings is 1. The highest BCUT2D eigenvalue weighted by Gasteiger charge is 2.13. The van der Waals surface area contributed by atoms with E-state index in [9.17, 15) is 4.79 Å². The van der Waals surface area contributed by atoms with Crippen LogP contribution < -0.4 is 5.32 Å². The molecule has 1 amide bonds. The number of rotatable bonds is 5. The van der Waals surface area contributed by atoms with Crippen LogP contribution in [0, 0.1) is 0 Å². The molecule has 1 unspecified atom stereocenters.